The smallest absolute Gasteiger partial charge is 0.226 e. The molecule has 0 fully saturated rings. The normalized spacial score (nSPS) is 12.6. The molecule has 0 saturated carbocycles. The van der Waals surface area contributed by atoms with Crippen molar-refractivity contribution >= 4 is 34.8 Å². The summed E-state index contributed by atoms with van der Waals surface area (Å²) in [6.07, 6.45) is 1.42. The van der Waals surface area contributed by atoms with Gasteiger partial charge in [0.25, 0.3) is 0 Å². The van der Waals surface area contributed by atoms with Gasteiger partial charge in [0.2, 0.25) is 5.91 Å². The highest BCUT2D eigenvalue weighted by Crippen LogP contribution is 2.25. The van der Waals surface area contributed by atoms with Gasteiger partial charge in [-0.15, -0.1) is 0 Å². The molecule has 94 valence electrons. The van der Waals surface area contributed by atoms with Crippen molar-refractivity contribution in [2.24, 2.45) is 11.7 Å². The zero-order valence-electron chi connectivity index (χ0n) is 9.58. The molecule has 0 bridgehead atoms. The minimum Gasteiger partial charge on any atom is -0.327 e. The summed E-state index contributed by atoms with van der Waals surface area (Å²) in [5.74, 6) is -0.0384. The molecule has 1 aromatic rings. The van der Waals surface area contributed by atoms with E-state index in [1.54, 1.807) is 0 Å². The number of carbonyl (C=O) groups excluding carboxylic acids is 1. The van der Waals surface area contributed by atoms with Gasteiger partial charge in [-0.25, -0.2) is 9.97 Å². The first-order valence-corrected chi connectivity index (χ1v) is 5.88. The minimum absolute atomic E-state index is 0.108. The number of nitrogens with two attached hydrogens (primary N) is 1. The molecule has 0 aliphatic heterocycles. The Labute approximate surface area is 110 Å². The van der Waals surface area contributed by atoms with Gasteiger partial charge in [0, 0.05) is 12.5 Å². The Hall–Kier alpha value is -0.910. The zero-order valence-corrected chi connectivity index (χ0v) is 11.1. The molecule has 1 aromatic heterocycles. The van der Waals surface area contributed by atoms with Crippen molar-refractivity contribution in [1.29, 1.82) is 0 Å². The summed E-state index contributed by atoms with van der Waals surface area (Å²) >= 11 is 11.6. The lowest BCUT2D eigenvalue weighted by Gasteiger charge is -2.15. The first-order chi connectivity index (χ1) is 7.91. The second-order valence-electron chi connectivity index (χ2n) is 3.99. The van der Waals surface area contributed by atoms with Gasteiger partial charge in [-0.3, -0.25) is 4.79 Å². The third-order valence-corrected chi connectivity index (χ3v) is 2.87. The van der Waals surface area contributed by atoms with E-state index in [9.17, 15) is 4.79 Å². The lowest BCUT2D eigenvalue weighted by Crippen LogP contribution is -2.31. The summed E-state index contributed by atoms with van der Waals surface area (Å²) in [5.41, 5.74) is 6.01. The summed E-state index contributed by atoms with van der Waals surface area (Å²) < 4.78 is 0. The van der Waals surface area contributed by atoms with Crippen LogP contribution >= 0.6 is 23.2 Å². The standard InChI is InChI=1S/C10H14Cl2N4O/c1-5(2)6(13)3-7(17)16-8-9(11)14-4-15-10(8)12/h4-6H,3,13H2,1-2H3,(H,16,17). The molecule has 1 unspecified atom stereocenters. The van der Waals surface area contributed by atoms with E-state index in [2.05, 4.69) is 15.3 Å². The number of aromatic nitrogens is 2. The van der Waals surface area contributed by atoms with Crippen LogP contribution in [-0.2, 0) is 4.79 Å². The van der Waals surface area contributed by atoms with E-state index in [1.165, 1.54) is 6.33 Å². The number of halogens is 2. The molecule has 1 atom stereocenters. The van der Waals surface area contributed by atoms with Crippen molar-refractivity contribution < 1.29 is 4.79 Å². The van der Waals surface area contributed by atoms with E-state index in [1.807, 2.05) is 13.8 Å². The quantitative estimate of drug-likeness (QED) is 0.826. The molecule has 17 heavy (non-hydrogen) atoms. The van der Waals surface area contributed by atoms with Crippen molar-refractivity contribution in [2.75, 3.05) is 5.32 Å². The highest BCUT2D eigenvalue weighted by atomic mass is 35.5. The first kappa shape index (κ1) is 14.2. The summed E-state index contributed by atoms with van der Waals surface area (Å²) in [7, 11) is 0. The van der Waals surface area contributed by atoms with Crippen LogP contribution in [0.15, 0.2) is 6.33 Å². The molecule has 0 saturated heterocycles. The van der Waals surface area contributed by atoms with E-state index in [-0.39, 0.29) is 40.3 Å². The number of rotatable bonds is 4. The Morgan fingerprint density at radius 1 is 1.41 bits per heavy atom. The maximum absolute atomic E-state index is 11.7. The fourth-order valence-corrected chi connectivity index (χ4v) is 1.50. The van der Waals surface area contributed by atoms with Gasteiger partial charge in [-0.05, 0) is 5.92 Å². The van der Waals surface area contributed by atoms with Crippen LogP contribution in [0.2, 0.25) is 10.3 Å². The molecule has 0 aliphatic carbocycles. The van der Waals surface area contributed by atoms with Crippen LogP contribution in [0.4, 0.5) is 5.69 Å². The summed E-state index contributed by atoms with van der Waals surface area (Å²) in [6, 6.07) is -0.211. The SMILES string of the molecule is CC(C)C(N)CC(=O)Nc1c(Cl)ncnc1Cl. The minimum atomic E-state index is -0.259. The summed E-state index contributed by atoms with van der Waals surface area (Å²) in [6.45, 7) is 3.90. The van der Waals surface area contributed by atoms with Gasteiger partial charge < -0.3 is 11.1 Å². The molecule has 1 amide bonds. The van der Waals surface area contributed by atoms with Crippen LogP contribution < -0.4 is 11.1 Å². The molecule has 0 aliphatic rings. The van der Waals surface area contributed by atoms with Gasteiger partial charge >= 0.3 is 0 Å². The molecule has 1 heterocycles. The van der Waals surface area contributed by atoms with E-state index in [0.29, 0.717) is 0 Å². The predicted molar refractivity (Wildman–Crippen MR) is 68.1 cm³/mol. The maximum atomic E-state index is 11.7. The Balaban J connectivity index is 2.69. The number of hydrogen-bond acceptors (Lipinski definition) is 4. The molecule has 0 radical (unpaired) electrons. The third-order valence-electron chi connectivity index (χ3n) is 2.30. The fraction of sp³-hybridized carbons (Fsp3) is 0.500. The predicted octanol–water partition coefficient (Wildman–Crippen LogP) is 2.10. The Bertz CT molecular complexity index is 391. The first-order valence-electron chi connectivity index (χ1n) is 5.13. The number of anilines is 1. The van der Waals surface area contributed by atoms with Crippen LogP contribution in [-0.4, -0.2) is 21.9 Å². The molecule has 0 spiro atoms. The van der Waals surface area contributed by atoms with Crippen LogP contribution in [0.5, 0.6) is 0 Å². The molecule has 3 N–H and O–H groups in total. The average Bonchev–Trinajstić information content (AvgIpc) is 2.23. The van der Waals surface area contributed by atoms with Crippen LogP contribution in [0.25, 0.3) is 0 Å². The van der Waals surface area contributed by atoms with Gasteiger partial charge in [0.1, 0.15) is 12.0 Å². The lowest BCUT2D eigenvalue weighted by atomic mass is 10.0. The van der Waals surface area contributed by atoms with Crippen LogP contribution in [0.3, 0.4) is 0 Å². The van der Waals surface area contributed by atoms with Crippen LogP contribution in [0.1, 0.15) is 20.3 Å². The molecular formula is C10H14Cl2N4O. The fourth-order valence-electron chi connectivity index (χ4n) is 1.09. The topological polar surface area (TPSA) is 80.9 Å². The van der Waals surface area contributed by atoms with E-state index in [0.717, 1.165) is 0 Å². The average molecular weight is 277 g/mol. The van der Waals surface area contributed by atoms with E-state index in [4.69, 9.17) is 28.9 Å². The summed E-state index contributed by atoms with van der Waals surface area (Å²) in [4.78, 5) is 19.1. The number of nitrogens with one attached hydrogen (secondary N) is 1. The number of amides is 1. The zero-order chi connectivity index (χ0) is 13.0. The Morgan fingerprint density at radius 2 is 1.94 bits per heavy atom. The van der Waals surface area contributed by atoms with Gasteiger partial charge in [-0.1, -0.05) is 37.0 Å². The van der Waals surface area contributed by atoms with Crippen molar-refractivity contribution in [2.45, 2.75) is 26.3 Å². The van der Waals surface area contributed by atoms with E-state index >= 15 is 0 Å². The third kappa shape index (κ3) is 4.11. The van der Waals surface area contributed by atoms with Gasteiger partial charge in [0.15, 0.2) is 10.3 Å². The maximum Gasteiger partial charge on any atom is 0.226 e. The molecule has 0 aromatic carbocycles. The van der Waals surface area contributed by atoms with Crippen molar-refractivity contribution in [3.63, 3.8) is 0 Å². The monoisotopic (exact) mass is 276 g/mol. The summed E-state index contributed by atoms with van der Waals surface area (Å²) in [5, 5.41) is 2.77. The molecule has 5 nitrogen and oxygen atoms in total. The van der Waals surface area contributed by atoms with Crippen molar-refractivity contribution in [1.82, 2.24) is 9.97 Å². The number of hydrogen-bond donors (Lipinski definition) is 2. The largest absolute Gasteiger partial charge is 0.327 e. The Kier molecular flexibility index (Phi) is 5.11. The number of carbonyl (C=O) groups is 1. The highest BCUT2D eigenvalue weighted by molar-refractivity contribution is 6.38. The van der Waals surface area contributed by atoms with E-state index < -0.39 is 0 Å². The molecular weight excluding hydrogens is 263 g/mol. The Morgan fingerprint density at radius 3 is 2.41 bits per heavy atom. The van der Waals surface area contributed by atoms with Crippen molar-refractivity contribution in [3.05, 3.63) is 16.6 Å². The van der Waals surface area contributed by atoms with Crippen LogP contribution in [0, 0.1) is 5.92 Å². The molecule has 7 heteroatoms. The second kappa shape index (κ2) is 6.14. The van der Waals surface area contributed by atoms with Gasteiger partial charge in [0.05, 0.1) is 0 Å². The number of nitrogens with zero attached hydrogens (tertiary/aromatic N) is 2. The molecule has 1 rings (SSSR count). The van der Waals surface area contributed by atoms with Crippen molar-refractivity contribution in [3.8, 4) is 0 Å². The lowest BCUT2D eigenvalue weighted by molar-refractivity contribution is -0.116. The van der Waals surface area contributed by atoms with Gasteiger partial charge in [-0.2, -0.15) is 0 Å². The highest BCUT2D eigenvalue weighted by Gasteiger charge is 2.16. The second-order valence-corrected chi connectivity index (χ2v) is 4.71.